The first kappa shape index (κ1) is 62.8. The second kappa shape index (κ2) is 23.7. The lowest BCUT2D eigenvalue weighted by molar-refractivity contribution is -0.375. The van der Waals surface area contributed by atoms with Crippen LogP contribution in [0.1, 0.15) is 107 Å². The maximum atomic E-state index is 12.7. The zero-order valence-corrected chi connectivity index (χ0v) is 46.1. The molecule has 4 saturated heterocycles. The van der Waals surface area contributed by atoms with E-state index in [9.17, 15) is 81.7 Å². The summed E-state index contributed by atoms with van der Waals surface area (Å²) < 4.78 is 47.5. The Bertz CT molecular complexity index is 2030. The van der Waals surface area contributed by atoms with Crippen LogP contribution in [-0.2, 0) is 37.9 Å². The normalized spacial score (nSPS) is 51.4. The number of ether oxygens (including phenoxy) is 8. The minimum Gasteiger partial charge on any atom is -0.394 e. The van der Waals surface area contributed by atoms with Crippen molar-refractivity contribution in [1.82, 2.24) is 0 Å². The van der Waals surface area contributed by atoms with Crippen molar-refractivity contribution in [2.45, 2.75) is 253 Å². The number of aliphatic hydroxyl groups excluding tert-OH is 15. The van der Waals surface area contributed by atoms with Crippen molar-refractivity contribution in [3.05, 3.63) is 11.6 Å². The van der Waals surface area contributed by atoms with Gasteiger partial charge in [0.1, 0.15) is 97.7 Å². The lowest BCUT2D eigenvalue weighted by Crippen LogP contribution is -2.65. The maximum absolute atomic E-state index is 12.7. The average Bonchev–Trinajstić information content (AvgIpc) is 2.93. The van der Waals surface area contributed by atoms with E-state index < -0.39 is 184 Å². The molecular weight excluding hydrogens is 1030 g/mol. The highest BCUT2D eigenvalue weighted by molar-refractivity contribution is 5.32. The third-order valence-corrected chi connectivity index (χ3v) is 20.8. The molecule has 0 spiro atoms. The summed E-state index contributed by atoms with van der Waals surface area (Å²) in [6.45, 7) is 13.6. The quantitative estimate of drug-likeness (QED) is 0.0637. The smallest absolute Gasteiger partial charge is 0.187 e. The molecule has 8 aliphatic rings. The topological polar surface area (TPSA) is 398 Å². The molecule has 7 fully saturated rings. The summed E-state index contributed by atoms with van der Waals surface area (Å²) in [4.78, 5) is 0. The zero-order valence-electron chi connectivity index (χ0n) is 46.1. The summed E-state index contributed by atoms with van der Waals surface area (Å²) in [5.74, 6) is 0.236. The minimum atomic E-state index is -1.85. The molecular formula is C54H92O24. The molecule has 78 heavy (non-hydrogen) atoms. The van der Waals surface area contributed by atoms with Crippen LogP contribution in [0.2, 0.25) is 0 Å². The third kappa shape index (κ3) is 11.0. The van der Waals surface area contributed by atoms with E-state index in [4.69, 9.17) is 37.9 Å². The Hall–Kier alpha value is -1.22. The molecule has 0 bridgehead atoms. The summed E-state index contributed by atoms with van der Waals surface area (Å²) in [5, 5.41) is 172. The second-order valence-electron chi connectivity index (χ2n) is 25.9. The number of allylic oxidation sites excluding steroid dienone is 1. The van der Waals surface area contributed by atoms with Crippen LogP contribution in [0.4, 0.5) is 0 Å². The second-order valence-corrected chi connectivity index (χ2v) is 25.9. The van der Waals surface area contributed by atoms with Gasteiger partial charge in [0, 0.05) is 10.8 Å². The van der Waals surface area contributed by atoms with Crippen LogP contribution < -0.4 is 0 Å². The molecule has 4 aliphatic carbocycles. The molecule has 30 atom stereocenters. The van der Waals surface area contributed by atoms with Gasteiger partial charge in [0.05, 0.1) is 50.3 Å². The number of hydrogen-bond acceptors (Lipinski definition) is 24. The Morgan fingerprint density at radius 2 is 1.09 bits per heavy atom. The molecule has 0 aromatic heterocycles. The molecule has 0 amide bonds. The highest BCUT2D eigenvalue weighted by Crippen LogP contribution is 2.75. The van der Waals surface area contributed by atoms with E-state index in [1.54, 1.807) is 13.8 Å². The van der Waals surface area contributed by atoms with Crippen LogP contribution in [0.25, 0.3) is 0 Å². The summed E-state index contributed by atoms with van der Waals surface area (Å²) >= 11 is 0. The fraction of sp³-hybridized carbons (Fsp3) is 0.963. The molecule has 1 unspecified atom stereocenters. The van der Waals surface area contributed by atoms with E-state index in [1.807, 2.05) is 0 Å². The SMILES string of the molecule is C[C@H](CC[C@@H](O[C@@H]1O[C@H](CO)[C@@H](O)[C@H](O)[C@H]1O[C@H]1O[C@H](CO)[C@@H](O)[C@H](O)[C@H]1O)C(C)(C)O)[C@H]1CC[C@@]2(C)[C@@H]3CC=C4[C@@H](CCC(O[C@@H]5O[C@H](CO[C@@H]6O[C@H](CO)[C@@H](O)[C@H](O)[C@H]6O)[C@@H](O)[C@H](O)[C@H]5O)C4(C)C)[C@]3(C)[C@H](O)C[C@]12C. The molecule has 0 aromatic carbocycles. The number of hydrogen-bond donors (Lipinski definition) is 16. The molecule has 4 heterocycles. The number of fused-ring (bicyclic) bond motifs is 5. The molecule has 24 heteroatoms. The van der Waals surface area contributed by atoms with Gasteiger partial charge in [-0.15, -0.1) is 0 Å². The Balaban J connectivity index is 0.940. The van der Waals surface area contributed by atoms with Crippen LogP contribution in [-0.4, -0.2) is 255 Å². The maximum Gasteiger partial charge on any atom is 0.187 e. The van der Waals surface area contributed by atoms with Gasteiger partial charge in [-0.25, -0.2) is 0 Å². The van der Waals surface area contributed by atoms with Gasteiger partial charge >= 0.3 is 0 Å². The minimum absolute atomic E-state index is 0.0338. The standard InChI is InChI=1S/C54H92O24/c1-22(9-13-33(51(4,5)70)77-49-45(41(66)36(61)28(20-57)74-49)78-48-44(69)39(64)35(60)27(19-56)73-48)23-15-16-52(6)30-12-10-24-25(54(30,8)31(58)17-53(23,52)7)11-14-32(50(24,2)3)76-47-43(68)40(65)37(62)29(75-47)21-71-46-42(67)38(63)34(59)26(18-55)72-46/h10,22-23,25-49,55-70H,9,11-21H2,1-8H3/t22-,23-,25-,26-,27-,28-,29-,30+,31-,32?,33-,34-,35-,36-,37-,38+,39+,40+,41+,42-,43-,44-,45-,46-,47+,48-,49+,52+,53-,54+/m1/s1. The predicted octanol–water partition coefficient (Wildman–Crippen LogP) is -3.23. The Labute approximate surface area is 455 Å². The molecule has 452 valence electrons. The third-order valence-electron chi connectivity index (χ3n) is 20.8. The van der Waals surface area contributed by atoms with Crippen LogP contribution >= 0.6 is 0 Å². The van der Waals surface area contributed by atoms with E-state index in [0.717, 1.165) is 18.4 Å². The lowest BCUT2D eigenvalue weighted by atomic mass is 9.38. The Morgan fingerprint density at radius 1 is 0.590 bits per heavy atom. The molecule has 16 N–H and O–H groups in total. The van der Waals surface area contributed by atoms with E-state index in [1.165, 1.54) is 0 Å². The Kier molecular flexibility index (Phi) is 19.1. The van der Waals surface area contributed by atoms with Crippen LogP contribution in [0.15, 0.2) is 11.6 Å². The fourth-order valence-electron chi connectivity index (χ4n) is 15.6. The van der Waals surface area contributed by atoms with Gasteiger partial charge in [0.2, 0.25) is 0 Å². The van der Waals surface area contributed by atoms with Gasteiger partial charge in [-0.3, -0.25) is 0 Å². The van der Waals surface area contributed by atoms with Crippen molar-refractivity contribution >= 4 is 0 Å². The van der Waals surface area contributed by atoms with Gasteiger partial charge in [0.25, 0.3) is 0 Å². The largest absolute Gasteiger partial charge is 0.394 e. The molecule has 0 aromatic rings. The number of aliphatic hydroxyl groups is 16. The average molecular weight is 1130 g/mol. The summed E-state index contributed by atoms with van der Waals surface area (Å²) in [6, 6.07) is 0. The first-order valence-electron chi connectivity index (χ1n) is 28.0. The van der Waals surface area contributed by atoms with E-state index in [2.05, 4.69) is 47.6 Å². The predicted molar refractivity (Wildman–Crippen MR) is 268 cm³/mol. The van der Waals surface area contributed by atoms with Crippen molar-refractivity contribution in [1.29, 1.82) is 0 Å². The lowest BCUT2D eigenvalue weighted by Gasteiger charge is -2.67. The Morgan fingerprint density at radius 3 is 1.65 bits per heavy atom. The van der Waals surface area contributed by atoms with E-state index in [0.29, 0.717) is 32.1 Å². The highest BCUT2D eigenvalue weighted by atomic mass is 16.8. The highest BCUT2D eigenvalue weighted by Gasteiger charge is 2.70. The van der Waals surface area contributed by atoms with Crippen molar-refractivity contribution in [2.24, 2.45) is 45.3 Å². The monoisotopic (exact) mass is 1120 g/mol. The van der Waals surface area contributed by atoms with Crippen LogP contribution in [0.5, 0.6) is 0 Å². The first-order valence-corrected chi connectivity index (χ1v) is 28.0. The summed E-state index contributed by atoms with van der Waals surface area (Å²) in [6.07, 6.45) is -26.9. The van der Waals surface area contributed by atoms with Crippen molar-refractivity contribution in [3.63, 3.8) is 0 Å². The van der Waals surface area contributed by atoms with E-state index >= 15 is 0 Å². The number of rotatable bonds is 17. The molecule has 24 nitrogen and oxygen atoms in total. The van der Waals surface area contributed by atoms with Crippen molar-refractivity contribution in [3.8, 4) is 0 Å². The van der Waals surface area contributed by atoms with Crippen molar-refractivity contribution in [2.75, 3.05) is 26.4 Å². The fourth-order valence-corrected chi connectivity index (χ4v) is 15.6. The van der Waals surface area contributed by atoms with Gasteiger partial charge in [-0.2, -0.15) is 0 Å². The van der Waals surface area contributed by atoms with Crippen molar-refractivity contribution < 1.29 is 120 Å². The molecule has 0 radical (unpaired) electrons. The van der Waals surface area contributed by atoms with Gasteiger partial charge in [0.15, 0.2) is 25.2 Å². The van der Waals surface area contributed by atoms with Gasteiger partial charge in [-0.1, -0.05) is 53.2 Å². The molecule has 3 saturated carbocycles. The van der Waals surface area contributed by atoms with E-state index in [-0.39, 0.29) is 40.9 Å². The first-order chi connectivity index (χ1) is 36.4. The van der Waals surface area contributed by atoms with Gasteiger partial charge in [-0.05, 0) is 99.7 Å². The summed E-state index contributed by atoms with van der Waals surface area (Å²) in [5.41, 5.74) is -2.12. The molecule has 4 aliphatic heterocycles. The van der Waals surface area contributed by atoms with Crippen LogP contribution in [0, 0.1) is 45.3 Å². The zero-order chi connectivity index (χ0) is 57.5. The van der Waals surface area contributed by atoms with Gasteiger partial charge < -0.3 is 120 Å². The molecule has 8 rings (SSSR count). The summed E-state index contributed by atoms with van der Waals surface area (Å²) in [7, 11) is 0. The van der Waals surface area contributed by atoms with Crippen LogP contribution in [0.3, 0.4) is 0 Å².